The number of carbonyl (C=O) groups excluding carboxylic acids is 1. The van der Waals surface area contributed by atoms with Crippen molar-refractivity contribution in [2.45, 2.75) is 0 Å². The second-order valence-corrected chi connectivity index (χ2v) is 1.54. The molecule has 0 unspecified atom stereocenters. The number of carboxylic acid groups (broad SMARTS) is 1. The smallest absolute Gasteiger partial charge is 0.376 e. The summed E-state index contributed by atoms with van der Waals surface area (Å²) in [6.07, 6.45) is 0.662. The number of esters is 1. The Hall–Kier alpha value is -1.52. The lowest BCUT2D eigenvalue weighted by Crippen LogP contribution is -1.99. The summed E-state index contributed by atoms with van der Waals surface area (Å²) < 4.78 is 8.76. The van der Waals surface area contributed by atoms with Crippen LogP contribution in [0.4, 0.5) is 0 Å². The molecule has 5 nitrogen and oxygen atoms in total. The predicted octanol–water partition coefficient (Wildman–Crippen LogP) is -0.514. The second-order valence-electron chi connectivity index (χ2n) is 1.54. The summed E-state index contributed by atoms with van der Waals surface area (Å²) in [6, 6.07) is 0. The van der Waals surface area contributed by atoms with Crippen molar-refractivity contribution < 1.29 is 24.2 Å². The van der Waals surface area contributed by atoms with Crippen molar-refractivity contribution in [3.63, 3.8) is 0 Å². The average Bonchev–Trinajstić information content (AvgIpc) is 2.15. The quantitative estimate of drug-likeness (QED) is 0.396. The molecule has 1 rings (SSSR count). The molecule has 0 aromatic rings. The minimum atomic E-state index is -1.23. The van der Waals surface area contributed by atoms with Gasteiger partial charge in [0.05, 0.1) is 6.08 Å². The van der Waals surface area contributed by atoms with Crippen molar-refractivity contribution >= 4 is 11.9 Å². The number of hydrogen-bond donors (Lipinski definition) is 1. The van der Waals surface area contributed by atoms with E-state index >= 15 is 0 Å². The van der Waals surface area contributed by atoms with Crippen LogP contribution < -0.4 is 0 Å². The summed E-state index contributed by atoms with van der Waals surface area (Å²) >= 11 is 0. The Labute approximate surface area is 55.8 Å². The van der Waals surface area contributed by atoms with E-state index in [2.05, 4.69) is 9.47 Å². The Morgan fingerprint density at radius 1 is 1.60 bits per heavy atom. The Morgan fingerprint density at radius 3 is 2.70 bits per heavy atom. The van der Waals surface area contributed by atoms with Crippen LogP contribution in [0.2, 0.25) is 0 Å². The summed E-state index contributed by atoms with van der Waals surface area (Å²) in [6.45, 7) is -0.196. The van der Waals surface area contributed by atoms with E-state index in [1.54, 1.807) is 0 Å². The fraction of sp³-hybridized carbons (Fsp3) is 0.200. The lowest BCUT2D eigenvalue weighted by molar-refractivity contribution is -0.136. The molecular formula is C5H4O5. The van der Waals surface area contributed by atoms with Gasteiger partial charge in [-0.05, 0) is 0 Å². The van der Waals surface area contributed by atoms with Crippen molar-refractivity contribution in [2.75, 3.05) is 6.79 Å². The molecule has 0 saturated carbocycles. The van der Waals surface area contributed by atoms with Gasteiger partial charge in [-0.25, -0.2) is 9.59 Å². The second kappa shape index (κ2) is 2.38. The van der Waals surface area contributed by atoms with Crippen molar-refractivity contribution in [1.82, 2.24) is 0 Å². The molecule has 1 aliphatic rings. The van der Waals surface area contributed by atoms with Gasteiger partial charge in [0.1, 0.15) is 0 Å². The fourth-order valence-electron chi connectivity index (χ4n) is 0.489. The molecule has 0 spiro atoms. The van der Waals surface area contributed by atoms with Gasteiger partial charge in [0.2, 0.25) is 12.6 Å². The third-order valence-corrected chi connectivity index (χ3v) is 0.860. The minimum Gasteiger partial charge on any atom is -0.478 e. The molecule has 0 bridgehead atoms. The molecule has 0 amide bonds. The first-order valence-electron chi connectivity index (χ1n) is 2.44. The summed E-state index contributed by atoms with van der Waals surface area (Å²) in [5.74, 6) is -2.22. The molecule has 1 aliphatic heterocycles. The highest BCUT2D eigenvalue weighted by atomic mass is 16.7. The van der Waals surface area contributed by atoms with Gasteiger partial charge < -0.3 is 14.6 Å². The highest BCUT2D eigenvalue weighted by Gasteiger charge is 2.21. The van der Waals surface area contributed by atoms with Gasteiger partial charge >= 0.3 is 11.9 Å². The van der Waals surface area contributed by atoms with Crippen LogP contribution in [0.3, 0.4) is 0 Å². The third-order valence-electron chi connectivity index (χ3n) is 0.860. The van der Waals surface area contributed by atoms with Crippen LogP contribution in [-0.2, 0) is 19.1 Å². The molecule has 0 radical (unpaired) electrons. The first-order valence-corrected chi connectivity index (χ1v) is 2.44. The van der Waals surface area contributed by atoms with Gasteiger partial charge in [0, 0.05) is 0 Å². The van der Waals surface area contributed by atoms with Crippen molar-refractivity contribution in [3.8, 4) is 0 Å². The Bertz CT molecular complexity index is 204. The number of ether oxygens (including phenoxy) is 2. The van der Waals surface area contributed by atoms with E-state index < -0.39 is 11.9 Å². The van der Waals surface area contributed by atoms with Gasteiger partial charge in [-0.1, -0.05) is 0 Å². The van der Waals surface area contributed by atoms with Gasteiger partial charge in [-0.3, -0.25) is 0 Å². The Balaban J connectivity index is 2.72. The fourth-order valence-corrected chi connectivity index (χ4v) is 0.489. The van der Waals surface area contributed by atoms with E-state index in [0.717, 1.165) is 0 Å². The molecule has 1 fully saturated rings. The monoisotopic (exact) mass is 144 g/mol. The van der Waals surface area contributed by atoms with E-state index in [-0.39, 0.29) is 12.6 Å². The highest BCUT2D eigenvalue weighted by molar-refractivity contribution is 5.94. The zero-order valence-corrected chi connectivity index (χ0v) is 4.86. The molecule has 10 heavy (non-hydrogen) atoms. The Kier molecular flexibility index (Phi) is 1.57. The standard InChI is InChI=1S/C5H4O5/c6-4(7)1-3-5(8)10-2-9-3/h1H,2H2,(H,6,7). The summed E-state index contributed by atoms with van der Waals surface area (Å²) in [5, 5.41) is 8.13. The molecule has 0 aromatic heterocycles. The topological polar surface area (TPSA) is 72.8 Å². The van der Waals surface area contributed by atoms with E-state index in [9.17, 15) is 9.59 Å². The van der Waals surface area contributed by atoms with Crippen LogP contribution in [-0.4, -0.2) is 23.8 Å². The molecule has 0 aliphatic carbocycles. The molecule has 0 aromatic carbocycles. The van der Waals surface area contributed by atoms with Crippen molar-refractivity contribution in [2.24, 2.45) is 0 Å². The van der Waals surface area contributed by atoms with Crippen LogP contribution in [0.15, 0.2) is 11.8 Å². The molecule has 5 heteroatoms. The van der Waals surface area contributed by atoms with E-state index in [1.165, 1.54) is 0 Å². The molecule has 1 saturated heterocycles. The number of carboxylic acids is 1. The maximum Gasteiger partial charge on any atom is 0.376 e. The van der Waals surface area contributed by atoms with Gasteiger partial charge in [0.15, 0.2) is 0 Å². The van der Waals surface area contributed by atoms with Crippen LogP contribution >= 0.6 is 0 Å². The number of carbonyl (C=O) groups is 2. The van der Waals surface area contributed by atoms with Crippen LogP contribution in [0.25, 0.3) is 0 Å². The first-order chi connectivity index (χ1) is 4.70. The van der Waals surface area contributed by atoms with Crippen LogP contribution in [0.1, 0.15) is 0 Å². The molecule has 0 atom stereocenters. The first kappa shape index (κ1) is 6.60. The molecule has 1 heterocycles. The van der Waals surface area contributed by atoms with E-state index in [0.29, 0.717) is 6.08 Å². The number of cyclic esters (lactones) is 1. The van der Waals surface area contributed by atoms with E-state index in [1.807, 2.05) is 0 Å². The molecule has 1 N–H and O–H groups in total. The van der Waals surface area contributed by atoms with Gasteiger partial charge in [-0.15, -0.1) is 0 Å². The summed E-state index contributed by atoms with van der Waals surface area (Å²) in [4.78, 5) is 20.4. The largest absolute Gasteiger partial charge is 0.478 e. The normalized spacial score (nSPS) is 20.4. The van der Waals surface area contributed by atoms with Crippen molar-refractivity contribution in [3.05, 3.63) is 11.8 Å². The number of hydrogen-bond acceptors (Lipinski definition) is 4. The van der Waals surface area contributed by atoms with Crippen LogP contribution in [0.5, 0.6) is 0 Å². The molecule has 54 valence electrons. The number of aliphatic carboxylic acids is 1. The lowest BCUT2D eigenvalue weighted by atomic mass is 10.4. The minimum absolute atomic E-state index is 0.196. The summed E-state index contributed by atoms with van der Waals surface area (Å²) in [7, 11) is 0. The average molecular weight is 144 g/mol. The SMILES string of the molecule is O=C(O)C=C1OCOC1=O. The predicted molar refractivity (Wildman–Crippen MR) is 27.8 cm³/mol. The number of rotatable bonds is 1. The van der Waals surface area contributed by atoms with Crippen molar-refractivity contribution in [1.29, 1.82) is 0 Å². The third kappa shape index (κ3) is 1.25. The zero-order valence-electron chi connectivity index (χ0n) is 4.86. The molecular weight excluding hydrogens is 140 g/mol. The zero-order chi connectivity index (χ0) is 7.56. The highest BCUT2D eigenvalue weighted by Crippen LogP contribution is 2.07. The maximum absolute atomic E-state index is 10.4. The van der Waals surface area contributed by atoms with E-state index in [4.69, 9.17) is 5.11 Å². The van der Waals surface area contributed by atoms with Gasteiger partial charge in [0.25, 0.3) is 0 Å². The Morgan fingerprint density at radius 2 is 2.30 bits per heavy atom. The van der Waals surface area contributed by atoms with Gasteiger partial charge in [-0.2, -0.15) is 0 Å². The maximum atomic E-state index is 10.4. The van der Waals surface area contributed by atoms with Crippen LogP contribution in [0, 0.1) is 0 Å². The lowest BCUT2D eigenvalue weighted by Gasteiger charge is -1.85. The summed E-state index contributed by atoms with van der Waals surface area (Å²) in [5.41, 5.74) is 0.